The lowest BCUT2D eigenvalue weighted by molar-refractivity contribution is -0.188. The predicted octanol–water partition coefficient (Wildman–Crippen LogP) is 3.40. The number of hydrogen-bond acceptors (Lipinski definition) is 7. The molecular formula is C27H31N3O5Si. The van der Waals surface area contributed by atoms with Crippen LogP contribution in [0.1, 0.15) is 42.5 Å². The molecule has 1 atom stereocenters. The standard InChI is InChI=1S/C27H31N3O5Si/c1-5-27(35-16(2)31)21-12-23-24-19(13-30(23)25(32)20(21)14-34-26(27)33)17(10-11-36(3,4)15-28)18-8-6-7-9-22(18)29-24/h6-9,12H,5,10-11,13-15,28H2,1-4H3/t27-/m0/s1. The van der Waals surface area contributed by atoms with Crippen LogP contribution in [0, 0.1) is 0 Å². The fourth-order valence-corrected chi connectivity index (χ4v) is 6.50. The molecule has 0 saturated carbocycles. The summed E-state index contributed by atoms with van der Waals surface area (Å²) < 4.78 is 12.6. The van der Waals surface area contributed by atoms with Crippen molar-refractivity contribution in [2.75, 3.05) is 6.17 Å². The van der Waals surface area contributed by atoms with Crippen LogP contribution in [0.15, 0.2) is 35.1 Å². The molecule has 0 amide bonds. The molecule has 0 aliphatic carbocycles. The summed E-state index contributed by atoms with van der Waals surface area (Å²) in [6.45, 7) is 7.83. The van der Waals surface area contributed by atoms with Gasteiger partial charge in [0, 0.05) is 23.4 Å². The Morgan fingerprint density at radius 2 is 2.00 bits per heavy atom. The van der Waals surface area contributed by atoms with Gasteiger partial charge in [-0.05, 0) is 36.7 Å². The lowest BCUT2D eigenvalue weighted by Gasteiger charge is -2.35. The quantitative estimate of drug-likeness (QED) is 0.316. The first kappa shape index (κ1) is 24.4. The first-order valence-corrected chi connectivity index (χ1v) is 15.8. The zero-order chi connectivity index (χ0) is 25.8. The predicted molar refractivity (Wildman–Crippen MR) is 139 cm³/mol. The molecule has 0 spiro atoms. The van der Waals surface area contributed by atoms with Crippen molar-refractivity contribution in [3.8, 4) is 11.4 Å². The van der Waals surface area contributed by atoms with Gasteiger partial charge in [0.25, 0.3) is 5.56 Å². The highest BCUT2D eigenvalue weighted by atomic mass is 28.3. The van der Waals surface area contributed by atoms with Crippen molar-refractivity contribution in [1.82, 2.24) is 9.55 Å². The average Bonchev–Trinajstić information content (AvgIpc) is 3.22. The van der Waals surface area contributed by atoms with Gasteiger partial charge in [-0.2, -0.15) is 0 Å². The number of aryl methyl sites for hydroxylation is 1. The van der Waals surface area contributed by atoms with E-state index in [4.69, 9.17) is 20.2 Å². The fraction of sp³-hybridized carbons (Fsp3) is 0.407. The van der Waals surface area contributed by atoms with E-state index in [1.165, 1.54) is 12.5 Å². The molecule has 188 valence electrons. The zero-order valence-corrected chi connectivity index (χ0v) is 22.1. The molecular weight excluding hydrogens is 474 g/mol. The Morgan fingerprint density at radius 3 is 2.69 bits per heavy atom. The number of nitrogens with zero attached hydrogens (tertiary/aromatic N) is 2. The van der Waals surface area contributed by atoms with Gasteiger partial charge in [-0.3, -0.25) is 9.59 Å². The van der Waals surface area contributed by atoms with E-state index in [0.29, 0.717) is 29.5 Å². The van der Waals surface area contributed by atoms with Crippen molar-refractivity contribution in [3.63, 3.8) is 0 Å². The number of para-hydroxylation sites is 1. The minimum absolute atomic E-state index is 0.148. The van der Waals surface area contributed by atoms with Gasteiger partial charge in [-0.15, -0.1) is 0 Å². The number of rotatable bonds is 6. The molecule has 9 heteroatoms. The number of hydrogen-bond donors (Lipinski definition) is 1. The molecule has 2 aromatic heterocycles. The Hall–Kier alpha value is -3.30. The second-order valence-electron chi connectivity index (χ2n) is 10.5. The highest BCUT2D eigenvalue weighted by Gasteiger charge is 2.50. The zero-order valence-electron chi connectivity index (χ0n) is 21.1. The third-order valence-corrected chi connectivity index (χ3v) is 10.3. The summed E-state index contributed by atoms with van der Waals surface area (Å²) in [5.74, 6) is -1.27. The Kier molecular flexibility index (Phi) is 5.87. The summed E-state index contributed by atoms with van der Waals surface area (Å²) in [5, 5.41) is 1.09. The average molecular weight is 506 g/mol. The van der Waals surface area contributed by atoms with Crippen LogP contribution in [0.3, 0.4) is 0 Å². The van der Waals surface area contributed by atoms with Crippen molar-refractivity contribution in [2.45, 2.75) is 64.6 Å². The van der Waals surface area contributed by atoms with Crippen molar-refractivity contribution >= 4 is 30.9 Å². The topological polar surface area (TPSA) is 114 Å². The van der Waals surface area contributed by atoms with E-state index in [2.05, 4.69) is 19.2 Å². The largest absolute Gasteiger partial charge is 0.457 e. The van der Waals surface area contributed by atoms with E-state index >= 15 is 0 Å². The van der Waals surface area contributed by atoms with Crippen molar-refractivity contribution in [2.24, 2.45) is 5.73 Å². The Labute approximate surface area is 210 Å². The number of pyridine rings is 2. The maximum Gasteiger partial charge on any atom is 0.355 e. The Bertz CT molecular complexity index is 1480. The normalized spacial score (nSPS) is 18.4. The molecule has 36 heavy (non-hydrogen) atoms. The van der Waals surface area contributed by atoms with Gasteiger partial charge >= 0.3 is 11.9 Å². The molecule has 2 N–H and O–H groups in total. The Balaban J connectivity index is 1.74. The number of cyclic esters (lactones) is 1. The summed E-state index contributed by atoms with van der Waals surface area (Å²) in [5.41, 5.74) is 9.37. The molecule has 0 fully saturated rings. The van der Waals surface area contributed by atoms with E-state index in [1.54, 1.807) is 17.6 Å². The van der Waals surface area contributed by atoms with E-state index in [0.717, 1.165) is 34.6 Å². The van der Waals surface area contributed by atoms with E-state index in [9.17, 15) is 14.4 Å². The number of esters is 2. The number of aromatic nitrogens is 2. The summed E-state index contributed by atoms with van der Waals surface area (Å²) in [4.78, 5) is 43.6. The van der Waals surface area contributed by atoms with Gasteiger partial charge in [-0.1, -0.05) is 44.3 Å². The molecule has 3 aromatic rings. The van der Waals surface area contributed by atoms with Crippen molar-refractivity contribution in [1.29, 1.82) is 0 Å². The summed E-state index contributed by atoms with van der Waals surface area (Å²) in [6.07, 6.45) is 1.73. The maximum absolute atomic E-state index is 13.7. The van der Waals surface area contributed by atoms with Crippen LogP contribution in [0.4, 0.5) is 0 Å². The van der Waals surface area contributed by atoms with Crippen LogP contribution in [-0.2, 0) is 44.2 Å². The lowest BCUT2D eigenvalue weighted by atomic mass is 9.85. The van der Waals surface area contributed by atoms with Crippen LogP contribution in [0.2, 0.25) is 19.1 Å². The summed E-state index contributed by atoms with van der Waals surface area (Å²) in [6, 6.07) is 10.9. The van der Waals surface area contributed by atoms with Crippen LogP contribution in [0.25, 0.3) is 22.3 Å². The van der Waals surface area contributed by atoms with E-state index in [1.807, 2.05) is 18.2 Å². The van der Waals surface area contributed by atoms with Crippen molar-refractivity contribution < 1.29 is 19.1 Å². The fourth-order valence-electron chi connectivity index (χ4n) is 5.37. The molecule has 2 aliphatic rings. The maximum atomic E-state index is 13.7. The van der Waals surface area contributed by atoms with Gasteiger partial charge in [0.15, 0.2) is 0 Å². The highest BCUT2D eigenvalue weighted by Crippen LogP contribution is 2.42. The number of ether oxygens (including phenoxy) is 2. The SMILES string of the molecule is CC[C@@]1(OC(C)=O)C(=O)OCc2c1cc1n(c2=O)Cc2c-1nc1ccccc1c2CC[Si](C)(C)CN. The first-order chi connectivity index (χ1) is 17.1. The molecule has 2 aliphatic heterocycles. The summed E-state index contributed by atoms with van der Waals surface area (Å²) in [7, 11) is -1.55. The second-order valence-corrected chi connectivity index (χ2v) is 15.7. The summed E-state index contributed by atoms with van der Waals surface area (Å²) >= 11 is 0. The van der Waals surface area contributed by atoms with E-state index < -0.39 is 25.6 Å². The van der Waals surface area contributed by atoms with Gasteiger partial charge in [0.05, 0.1) is 37.1 Å². The van der Waals surface area contributed by atoms with Gasteiger partial charge in [0.2, 0.25) is 5.60 Å². The van der Waals surface area contributed by atoms with Crippen LogP contribution >= 0.6 is 0 Å². The number of benzene rings is 1. The molecule has 0 unspecified atom stereocenters. The molecule has 0 bridgehead atoms. The minimum atomic E-state index is -1.65. The number of carbonyl (C=O) groups is 2. The second kappa shape index (κ2) is 8.67. The highest BCUT2D eigenvalue weighted by molar-refractivity contribution is 6.77. The van der Waals surface area contributed by atoms with Crippen molar-refractivity contribution in [3.05, 3.63) is 62.9 Å². The first-order valence-electron chi connectivity index (χ1n) is 12.4. The minimum Gasteiger partial charge on any atom is -0.457 e. The van der Waals surface area contributed by atoms with Gasteiger partial charge in [0.1, 0.15) is 6.61 Å². The van der Waals surface area contributed by atoms with Crippen LogP contribution < -0.4 is 11.3 Å². The third-order valence-electron chi connectivity index (χ3n) is 7.60. The number of nitrogens with two attached hydrogens (primary N) is 1. The third kappa shape index (κ3) is 3.69. The monoisotopic (exact) mass is 505 g/mol. The molecule has 4 heterocycles. The van der Waals surface area contributed by atoms with Crippen LogP contribution in [-0.4, -0.2) is 35.7 Å². The molecule has 1 aromatic carbocycles. The van der Waals surface area contributed by atoms with Crippen LogP contribution in [0.5, 0.6) is 0 Å². The van der Waals surface area contributed by atoms with Gasteiger partial charge in [-0.25, -0.2) is 9.78 Å². The molecule has 8 nitrogen and oxygen atoms in total. The molecule has 0 saturated heterocycles. The molecule has 5 rings (SSSR count). The molecule has 0 radical (unpaired) electrons. The lowest BCUT2D eigenvalue weighted by Crippen LogP contribution is -2.47. The Morgan fingerprint density at radius 1 is 1.25 bits per heavy atom. The smallest absolute Gasteiger partial charge is 0.355 e. The number of carbonyl (C=O) groups excluding carboxylic acids is 2. The van der Waals surface area contributed by atoms with Gasteiger partial charge < -0.3 is 19.8 Å². The number of fused-ring (bicyclic) bond motifs is 5. The van der Waals surface area contributed by atoms with E-state index in [-0.39, 0.29) is 18.6 Å².